The smallest absolute Gasteiger partial charge is 0.244 e. The molecule has 2 aliphatic rings. The third-order valence-corrected chi connectivity index (χ3v) is 4.36. The maximum atomic E-state index is 5.40. The van der Waals surface area contributed by atoms with Gasteiger partial charge in [0.2, 0.25) is 19.5 Å². The number of ether oxygens (including phenoxy) is 4. The van der Waals surface area contributed by atoms with E-state index >= 15 is 0 Å². The van der Waals surface area contributed by atoms with E-state index in [1.807, 2.05) is 36.4 Å². The summed E-state index contributed by atoms with van der Waals surface area (Å²) in [6.45, 7) is 1.65. The Hall–Kier alpha value is -3.75. The number of hydrogen-bond donors (Lipinski definition) is 2. The molecule has 0 unspecified atom stereocenters. The number of hydrogen-bond acceptors (Lipinski definition) is 9. The first kappa shape index (κ1) is 16.4. The van der Waals surface area contributed by atoms with Crippen LogP contribution in [0.3, 0.4) is 0 Å². The SMILES string of the molecule is c1cc2c(cc1CNc1cnnc(NCc3ccc4c(c3)OCO4)n1)OCO2. The Labute approximate surface area is 160 Å². The van der Waals surface area contributed by atoms with Gasteiger partial charge in [0.05, 0.1) is 6.20 Å². The van der Waals surface area contributed by atoms with E-state index in [9.17, 15) is 0 Å². The van der Waals surface area contributed by atoms with E-state index in [1.54, 1.807) is 6.20 Å². The lowest BCUT2D eigenvalue weighted by Crippen LogP contribution is -2.08. The van der Waals surface area contributed by atoms with Gasteiger partial charge in [-0.3, -0.25) is 0 Å². The predicted octanol–water partition coefficient (Wildman–Crippen LogP) is 2.55. The van der Waals surface area contributed by atoms with Crippen LogP contribution in [0, 0.1) is 0 Å². The van der Waals surface area contributed by atoms with Crippen LogP contribution in [-0.2, 0) is 13.1 Å². The molecule has 0 saturated heterocycles. The van der Waals surface area contributed by atoms with Crippen molar-refractivity contribution in [1.29, 1.82) is 0 Å². The Morgan fingerprint density at radius 1 is 0.750 bits per heavy atom. The second-order valence-corrected chi connectivity index (χ2v) is 6.25. The summed E-state index contributed by atoms with van der Waals surface area (Å²) in [4.78, 5) is 4.44. The van der Waals surface area contributed by atoms with Crippen molar-refractivity contribution in [2.45, 2.75) is 13.1 Å². The maximum absolute atomic E-state index is 5.40. The topological polar surface area (TPSA) is 99.7 Å². The summed E-state index contributed by atoms with van der Waals surface area (Å²) in [6.07, 6.45) is 1.58. The molecular weight excluding hydrogens is 362 g/mol. The molecule has 0 aliphatic carbocycles. The molecule has 0 saturated carbocycles. The first-order chi connectivity index (χ1) is 13.8. The van der Waals surface area contributed by atoms with Crippen molar-refractivity contribution in [2.75, 3.05) is 24.2 Å². The number of nitrogens with one attached hydrogen (secondary N) is 2. The van der Waals surface area contributed by atoms with Gasteiger partial charge in [0.1, 0.15) is 0 Å². The third kappa shape index (κ3) is 3.41. The van der Waals surface area contributed by atoms with Gasteiger partial charge < -0.3 is 29.6 Å². The van der Waals surface area contributed by atoms with Crippen molar-refractivity contribution < 1.29 is 18.9 Å². The van der Waals surface area contributed by atoms with Gasteiger partial charge in [0, 0.05) is 13.1 Å². The summed E-state index contributed by atoms with van der Waals surface area (Å²) in [5, 5.41) is 14.4. The van der Waals surface area contributed by atoms with Crippen LogP contribution in [0.2, 0.25) is 0 Å². The molecule has 9 nitrogen and oxygen atoms in total. The number of anilines is 2. The van der Waals surface area contributed by atoms with Crippen molar-refractivity contribution in [3.05, 3.63) is 53.7 Å². The molecule has 2 aliphatic heterocycles. The lowest BCUT2D eigenvalue weighted by molar-refractivity contribution is 0.173. The minimum atomic E-state index is 0.260. The maximum Gasteiger partial charge on any atom is 0.244 e. The van der Waals surface area contributed by atoms with E-state index in [-0.39, 0.29) is 13.6 Å². The number of benzene rings is 2. The summed E-state index contributed by atoms with van der Waals surface area (Å²) in [6, 6.07) is 11.6. The minimum absolute atomic E-state index is 0.260. The van der Waals surface area contributed by atoms with Gasteiger partial charge in [-0.1, -0.05) is 12.1 Å². The van der Waals surface area contributed by atoms with Crippen LogP contribution in [-0.4, -0.2) is 28.8 Å². The summed E-state index contributed by atoms with van der Waals surface area (Å²) in [7, 11) is 0. The van der Waals surface area contributed by atoms with E-state index in [0.29, 0.717) is 24.9 Å². The summed E-state index contributed by atoms with van der Waals surface area (Å²) in [5.41, 5.74) is 2.09. The van der Waals surface area contributed by atoms with Gasteiger partial charge in [0.25, 0.3) is 0 Å². The summed E-state index contributed by atoms with van der Waals surface area (Å²) < 4.78 is 21.4. The molecule has 2 aromatic carbocycles. The van der Waals surface area contributed by atoms with Gasteiger partial charge in [-0.15, -0.1) is 5.10 Å². The van der Waals surface area contributed by atoms with E-state index in [4.69, 9.17) is 18.9 Å². The molecule has 2 N–H and O–H groups in total. The number of fused-ring (bicyclic) bond motifs is 2. The average molecular weight is 379 g/mol. The highest BCUT2D eigenvalue weighted by molar-refractivity contribution is 5.47. The molecule has 28 heavy (non-hydrogen) atoms. The number of aromatic nitrogens is 3. The fourth-order valence-corrected chi connectivity index (χ4v) is 2.94. The molecule has 9 heteroatoms. The first-order valence-corrected chi connectivity index (χ1v) is 8.78. The van der Waals surface area contributed by atoms with E-state index in [0.717, 1.165) is 34.1 Å². The number of rotatable bonds is 6. The van der Waals surface area contributed by atoms with Gasteiger partial charge >= 0.3 is 0 Å². The van der Waals surface area contributed by atoms with Crippen LogP contribution >= 0.6 is 0 Å². The van der Waals surface area contributed by atoms with Crippen molar-refractivity contribution in [2.24, 2.45) is 0 Å². The van der Waals surface area contributed by atoms with Crippen molar-refractivity contribution in [1.82, 2.24) is 15.2 Å². The van der Waals surface area contributed by atoms with Crippen molar-refractivity contribution >= 4 is 11.8 Å². The fraction of sp³-hybridized carbons (Fsp3) is 0.211. The van der Waals surface area contributed by atoms with Crippen molar-refractivity contribution in [3.8, 4) is 23.0 Å². The van der Waals surface area contributed by atoms with Gasteiger partial charge in [-0.2, -0.15) is 10.1 Å². The zero-order valence-electron chi connectivity index (χ0n) is 14.8. The van der Waals surface area contributed by atoms with E-state index < -0.39 is 0 Å². The van der Waals surface area contributed by atoms with Gasteiger partial charge in [-0.05, 0) is 35.4 Å². The molecule has 0 atom stereocenters. The largest absolute Gasteiger partial charge is 0.454 e. The first-order valence-electron chi connectivity index (χ1n) is 8.78. The Morgan fingerprint density at radius 2 is 1.36 bits per heavy atom. The molecule has 0 amide bonds. The highest BCUT2D eigenvalue weighted by Gasteiger charge is 2.14. The molecule has 0 bridgehead atoms. The normalized spacial score (nSPS) is 13.4. The highest BCUT2D eigenvalue weighted by atomic mass is 16.7. The molecule has 0 radical (unpaired) electrons. The van der Waals surface area contributed by atoms with Crippen LogP contribution in [0.15, 0.2) is 42.6 Å². The quantitative estimate of drug-likeness (QED) is 0.669. The second kappa shape index (κ2) is 7.10. The third-order valence-electron chi connectivity index (χ3n) is 4.36. The Balaban J connectivity index is 1.20. The van der Waals surface area contributed by atoms with E-state index in [1.165, 1.54) is 0 Å². The Kier molecular flexibility index (Phi) is 4.17. The Morgan fingerprint density at radius 3 is 2.04 bits per heavy atom. The van der Waals surface area contributed by atoms with Crippen LogP contribution in [0.25, 0.3) is 0 Å². The highest BCUT2D eigenvalue weighted by Crippen LogP contribution is 2.33. The van der Waals surface area contributed by atoms with Gasteiger partial charge in [0.15, 0.2) is 28.8 Å². The van der Waals surface area contributed by atoms with Crippen molar-refractivity contribution in [3.63, 3.8) is 0 Å². The van der Waals surface area contributed by atoms with Crippen LogP contribution in [0.4, 0.5) is 11.8 Å². The Bertz CT molecular complexity index is 937. The zero-order valence-corrected chi connectivity index (χ0v) is 14.8. The molecule has 5 rings (SSSR count). The molecular formula is C19H17N5O4. The predicted molar refractivity (Wildman–Crippen MR) is 99.6 cm³/mol. The summed E-state index contributed by atoms with van der Waals surface area (Å²) >= 11 is 0. The fourth-order valence-electron chi connectivity index (χ4n) is 2.94. The molecule has 0 fully saturated rings. The van der Waals surface area contributed by atoms with Gasteiger partial charge in [-0.25, -0.2) is 0 Å². The zero-order chi connectivity index (χ0) is 18.8. The lowest BCUT2D eigenvalue weighted by Gasteiger charge is -2.09. The minimum Gasteiger partial charge on any atom is -0.454 e. The van der Waals surface area contributed by atoms with Crippen LogP contribution in [0.5, 0.6) is 23.0 Å². The van der Waals surface area contributed by atoms with Crippen LogP contribution in [0.1, 0.15) is 11.1 Å². The number of nitrogens with zero attached hydrogens (tertiary/aromatic N) is 3. The van der Waals surface area contributed by atoms with E-state index in [2.05, 4.69) is 25.8 Å². The molecule has 0 spiro atoms. The lowest BCUT2D eigenvalue weighted by atomic mass is 10.2. The molecule has 1 aromatic heterocycles. The monoisotopic (exact) mass is 379 g/mol. The summed E-state index contributed by atoms with van der Waals surface area (Å²) in [5.74, 6) is 4.09. The standard InChI is InChI=1S/C19H17N5O4/c1-3-14-16(27-10-25-14)5-12(1)7-20-18-9-22-24-19(23-18)21-8-13-2-4-15-17(6-13)28-11-26-15/h1-6,9H,7-8,10-11H2,(H2,20,21,23,24). The average Bonchev–Trinajstić information content (AvgIpc) is 3.39. The second-order valence-electron chi connectivity index (χ2n) is 6.25. The molecule has 142 valence electrons. The molecule has 3 heterocycles. The molecule has 3 aromatic rings. The van der Waals surface area contributed by atoms with Crippen LogP contribution < -0.4 is 29.6 Å².